The number of rotatable bonds is 5. The minimum Gasteiger partial charge on any atom is -0.335 e. The van der Waals surface area contributed by atoms with E-state index in [1.807, 2.05) is 6.20 Å². The van der Waals surface area contributed by atoms with Gasteiger partial charge in [0.2, 0.25) is 0 Å². The van der Waals surface area contributed by atoms with Crippen LogP contribution in [0, 0.1) is 5.92 Å². The smallest absolute Gasteiger partial charge is 0.112 e. The molecule has 0 saturated heterocycles. The van der Waals surface area contributed by atoms with Crippen molar-refractivity contribution in [3.63, 3.8) is 0 Å². The summed E-state index contributed by atoms with van der Waals surface area (Å²) in [5.41, 5.74) is 0. The molecule has 0 amide bonds. The van der Waals surface area contributed by atoms with E-state index < -0.39 is 0 Å². The summed E-state index contributed by atoms with van der Waals surface area (Å²) in [6.07, 6.45) is 6.70. The number of hydrogen-bond donors (Lipinski definition) is 1. The molecular formula is C12H21N3. The predicted molar refractivity (Wildman–Crippen MR) is 61.9 cm³/mol. The van der Waals surface area contributed by atoms with E-state index in [9.17, 15) is 0 Å². The quantitative estimate of drug-likeness (QED) is 0.800. The first kappa shape index (κ1) is 10.7. The molecule has 1 heterocycles. The maximum absolute atomic E-state index is 4.50. The van der Waals surface area contributed by atoms with Crippen molar-refractivity contribution in [1.82, 2.24) is 14.9 Å². The van der Waals surface area contributed by atoms with Gasteiger partial charge in [-0.3, -0.25) is 0 Å². The fourth-order valence-corrected chi connectivity index (χ4v) is 2.40. The van der Waals surface area contributed by atoms with E-state index in [2.05, 4.69) is 34.9 Å². The van der Waals surface area contributed by atoms with E-state index in [1.54, 1.807) is 0 Å². The van der Waals surface area contributed by atoms with Crippen molar-refractivity contribution in [2.24, 2.45) is 5.92 Å². The average molecular weight is 207 g/mol. The lowest BCUT2D eigenvalue weighted by Gasteiger charge is -2.36. The van der Waals surface area contributed by atoms with Gasteiger partial charge in [0.25, 0.3) is 0 Å². The van der Waals surface area contributed by atoms with Crippen molar-refractivity contribution in [3.8, 4) is 0 Å². The van der Waals surface area contributed by atoms with Crippen molar-refractivity contribution in [2.45, 2.75) is 39.2 Å². The first-order valence-electron chi connectivity index (χ1n) is 6.08. The van der Waals surface area contributed by atoms with Crippen molar-refractivity contribution >= 4 is 0 Å². The fraction of sp³-hybridized carbons (Fsp3) is 0.750. The molecule has 1 N–H and O–H groups in total. The van der Waals surface area contributed by atoms with E-state index in [4.69, 9.17) is 0 Å². The zero-order chi connectivity index (χ0) is 10.7. The second-order valence-electron chi connectivity index (χ2n) is 4.32. The minimum absolute atomic E-state index is 0.694. The lowest BCUT2D eigenvalue weighted by atomic mass is 9.73. The second-order valence-corrected chi connectivity index (χ2v) is 4.32. The fourth-order valence-electron chi connectivity index (χ4n) is 2.40. The number of hydrogen-bond acceptors (Lipinski definition) is 2. The standard InChI is InChI=1S/C12H21N3/c1-3-13-9-10-5-6-11(10)12-14-7-8-15(12)4-2/h7-8,10-11,13H,3-6,9H2,1-2H3. The van der Waals surface area contributed by atoms with Crippen LogP contribution in [0.1, 0.15) is 38.4 Å². The Labute approximate surface area is 91.9 Å². The SMILES string of the molecule is CCNCC1CCC1c1nccn1CC. The van der Waals surface area contributed by atoms with Crippen LogP contribution in [0.4, 0.5) is 0 Å². The Kier molecular flexibility index (Phi) is 3.41. The number of nitrogens with one attached hydrogen (secondary N) is 1. The lowest BCUT2D eigenvalue weighted by Crippen LogP contribution is -2.35. The number of nitrogens with zero attached hydrogens (tertiary/aromatic N) is 2. The van der Waals surface area contributed by atoms with Gasteiger partial charge in [0.1, 0.15) is 5.82 Å². The molecule has 3 nitrogen and oxygen atoms in total. The number of aromatic nitrogens is 2. The monoisotopic (exact) mass is 207 g/mol. The first-order valence-corrected chi connectivity index (χ1v) is 6.08. The Balaban J connectivity index is 1.99. The van der Waals surface area contributed by atoms with E-state index >= 15 is 0 Å². The topological polar surface area (TPSA) is 29.9 Å². The predicted octanol–water partition coefficient (Wildman–Crippen LogP) is 2.01. The van der Waals surface area contributed by atoms with Crippen LogP contribution in [0.5, 0.6) is 0 Å². The summed E-state index contributed by atoms with van der Waals surface area (Å²) < 4.78 is 2.28. The molecule has 1 aromatic rings. The summed E-state index contributed by atoms with van der Waals surface area (Å²) in [6, 6.07) is 0. The largest absolute Gasteiger partial charge is 0.335 e. The molecule has 2 rings (SSSR count). The summed E-state index contributed by atoms with van der Waals surface area (Å²) in [5, 5.41) is 3.44. The van der Waals surface area contributed by atoms with Gasteiger partial charge in [-0.05, 0) is 38.8 Å². The van der Waals surface area contributed by atoms with E-state index in [-0.39, 0.29) is 0 Å². The Morgan fingerprint density at radius 3 is 2.93 bits per heavy atom. The summed E-state index contributed by atoms with van der Waals surface area (Å²) in [4.78, 5) is 4.50. The Morgan fingerprint density at radius 2 is 2.33 bits per heavy atom. The van der Waals surface area contributed by atoms with Crippen molar-refractivity contribution < 1.29 is 0 Å². The average Bonchev–Trinajstić information content (AvgIpc) is 2.65. The van der Waals surface area contributed by atoms with Crippen molar-refractivity contribution in [3.05, 3.63) is 18.2 Å². The number of imidazole rings is 1. The maximum Gasteiger partial charge on any atom is 0.112 e. The third-order valence-corrected chi connectivity index (χ3v) is 3.49. The summed E-state index contributed by atoms with van der Waals surface area (Å²) in [5.74, 6) is 2.79. The normalized spacial score (nSPS) is 25.2. The second kappa shape index (κ2) is 4.79. The molecule has 2 unspecified atom stereocenters. The van der Waals surface area contributed by atoms with Gasteiger partial charge in [-0.25, -0.2) is 4.98 Å². The molecule has 0 radical (unpaired) electrons. The molecule has 0 spiro atoms. The zero-order valence-electron chi connectivity index (χ0n) is 9.74. The Hall–Kier alpha value is -0.830. The first-order chi connectivity index (χ1) is 7.36. The van der Waals surface area contributed by atoms with Crippen LogP contribution in [-0.4, -0.2) is 22.6 Å². The molecular weight excluding hydrogens is 186 g/mol. The van der Waals surface area contributed by atoms with E-state index in [1.165, 1.54) is 18.7 Å². The van der Waals surface area contributed by atoms with E-state index in [0.29, 0.717) is 5.92 Å². The van der Waals surface area contributed by atoms with Gasteiger partial charge >= 0.3 is 0 Å². The van der Waals surface area contributed by atoms with Crippen LogP contribution < -0.4 is 5.32 Å². The molecule has 0 aromatic carbocycles. The van der Waals surface area contributed by atoms with Crippen LogP contribution in [0.15, 0.2) is 12.4 Å². The van der Waals surface area contributed by atoms with Gasteiger partial charge in [0, 0.05) is 24.9 Å². The highest BCUT2D eigenvalue weighted by Crippen LogP contribution is 2.41. The van der Waals surface area contributed by atoms with Crippen LogP contribution in [0.25, 0.3) is 0 Å². The Bertz CT molecular complexity index is 306. The molecule has 1 aromatic heterocycles. The van der Waals surface area contributed by atoms with Crippen LogP contribution in [0.3, 0.4) is 0 Å². The molecule has 1 saturated carbocycles. The minimum atomic E-state index is 0.694. The molecule has 0 aliphatic heterocycles. The van der Waals surface area contributed by atoms with Gasteiger partial charge in [0.15, 0.2) is 0 Å². The molecule has 1 aliphatic rings. The highest BCUT2D eigenvalue weighted by molar-refractivity contribution is 5.07. The van der Waals surface area contributed by atoms with Crippen LogP contribution in [0.2, 0.25) is 0 Å². The lowest BCUT2D eigenvalue weighted by molar-refractivity contribution is 0.232. The third kappa shape index (κ3) is 2.07. The molecule has 2 atom stereocenters. The molecule has 1 aliphatic carbocycles. The zero-order valence-corrected chi connectivity index (χ0v) is 9.74. The summed E-state index contributed by atoms with van der Waals surface area (Å²) in [6.45, 7) is 7.62. The van der Waals surface area contributed by atoms with Gasteiger partial charge in [-0.1, -0.05) is 6.92 Å². The van der Waals surface area contributed by atoms with Crippen molar-refractivity contribution in [2.75, 3.05) is 13.1 Å². The molecule has 3 heteroatoms. The highest BCUT2D eigenvalue weighted by atomic mass is 15.1. The molecule has 15 heavy (non-hydrogen) atoms. The molecule has 84 valence electrons. The van der Waals surface area contributed by atoms with Gasteiger partial charge in [0.05, 0.1) is 0 Å². The van der Waals surface area contributed by atoms with Gasteiger partial charge in [-0.2, -0.15) is 0 Å². The molecule has 1 fully saturated rings. The van der Waals surface area contributed by atoms with Crippen LogP contribution in [-0.2, 0) is 6.54 Å². The maximum atomic E-state index is 4.50. The van der Waals surface area contributed by atoms with E-state index in [0.717, 1.165) is 25.6 Å². The highest BCUT2D eigenvalue weighted by Gasteiger charge is 2.34. The summed E-state index contributed by atoms with van der Waals surface area (Å²) >= 11 is 0. The third-order valence-electron chi connectivity index (χ3n) is 3.49. The Morgan fingerprint density at radius 1 is 1.47 bits per heavy atom. The number of aryl methyl sites for hydroxylation is 1. The summed E-state index contributed by atoms with van der Waals surface area (Å²) in [7, 11) is 0. The molecule has 0 bridgehead atoms. The van der Waals surface area contributed by atoms with Gasteiger partial charge < -0.3 is 9.88 Å². The van der Waals surface area contributed by atoms with Gasteiger partial charge in [-0.15, -0.1) is 0 Å². The van der Waals surface area contributed by atoms with Crippen molar-refractivity contribution in [1.29, 1.82) is 0 Å². The van der Waals surface area contributed by atoms with Crippen LogP contribution >= 0.6 is 0 Å².